The summed E-state index contributed by atoms with van der Waals surface area (Å²) < 4.78 is 5.37. The molecule has 0 aliphatic rings. The molecule has 20 heavy (non-hydrogen) atoms. The average Bonchev–Trinajstić information content (AvgIpc) is 2.35. The number of ether oxygens (including phenoxy) is 1. The minimum absolute atomic E-state index is 0.386. The van der Waals surface area contributed by atoms with E-state index in [1.165, 1.54) is 4.90 Å². The molecular formula is C16H19NO2S. The molecule has 0 radical (unpaired) electrons. The van der Waals surface area contributed by atoms with E-state index in [0.29, 0.717) is 0 Å². The molecule has 0 unspecified atom stereocenters. The van der Waals surface area contributed by atoms with E-state index in [4.69, 9.17) is 4.74 Å². The standard InChI is InChI=1S/C16H19NO2S/c1-16(2,3)19-15(18)17(4)13-9-11-7-5-6-8-12(11)10-14(13)20/h5-10,20H,1-4H3. The molecule has 0 saturated carbocycles. The second-order valence-electron chi connectivity index (χ2n) is 5.73. The van der Waals surface area contributed by atoms with E-state index < -0.39 is 5.60 Å². The van der Waals surface area contributed by atoms with Gasteiger partial charge in [-0.05, 0) is 43.7 Å². The third-order valence-electron chi connectivity index (χ3n) is 2.87. The molecule has 0 spiro atoms. The molecule has 4 heteroatoms. The quantitative estimate of drug-likeness (QED) is 0.783. The first-order chi connectivity index (χ1) is 9.28. The maximum absolute atomic E-state index is 12.1. The van der Waals surface area contributed by atoms with Gasteiger partial charge in [0.05, 0.1) is 5.69 Å². The van der Waals surface area contributed by atoms with Crippen LogP contribution in [0, 0.1) is 0 Å². The molecule has 0 N–H and O–H groups in total. The summed E-state index contributed by atoms with van der Waals surface area (Å²) in [6, 6.07) is 11.9. The van der Waals surface area contributed by atoms with Crippen LogP contribution in [0.15, 0.2) is 41.3 Å². The summed E-state index contributed by atoms with van der Waals surface area (Å²) in [4.78, 5) is 14.4. The van der Waals surface area contributed by atoms with E-state index in [0.717, 1.165) is 21.4 Å². The smallest absolute Gasteiger partial charge is 0.414 e. The van der Waals surface area contributed by atoms with Crippen LogP contribution in [0.5, 0.6) is 0 Å². The summed E-state index contributed by atoms with van der Waals surface area (Å²) in [5.74, 6) is 0. The summed E-state index contributed by atoms with van der Waals surface area (Å²) in [6.07, 6.45) is -0.386. The number of thiol groups is 1. The Morgan fingerprint density at radius 2 is 1.70 bits per heavy atom. The Hall–Kier alpha value is -1.68. The maximum atomic E-state index is 12.1. The zero-order chi connectivity index (χ0) is 14.9. The van der Waals surface area contributed by atoms with Crippen LogP contribution in [0.3, 0.4) is 0 Å². The Morgan fingerprint density at radius 3 is 2.25 bits per heavy atom. The largest absolute Gasteiger partial charge is 0.443 e. The molecule has 2 aromatic carbocycles. The van der Waals surface area contributed by atoms with Gasteiger partial charge in [-0.25, -0.2) is 4.79 Å². The van der Waals surface area contributed by atoms with Crippen LogP contribution < -0.4 is 4.90 Å². The number of benzene rings is 2. The van der Waals surface area contributed by atoms with Crippen molar-refractivity contribution >= 4 is 35.2 Å². The van der Waals surface area contributed by atoms with Crippen LogP contribution in [-0.2, 0) is 4.74 Å². The van der Waals surface area contributed by atoms with Gasteiger partial charge in [0.1, 0.15) is 5.60 Å². The number of anilines is 1. The van der Waals surface area contributed by atoms with Crippen molar-refractivity contribution in [2.45, 2.75) is 31.3 Å². The van der Waals surface area contributed by atoms with Crippen LogP contribution in [0.1, 0.15) is 20.8 Å². The van der Waals surface area contributed by atoms with Gasteiger partial charge in [0, 0.05) is 11.9 Å². The second-order valence-corrected chi connectivity index (χ2v) is 6.21. The fourth-order valence-electron chi connectivity index (χ4n) is 1.91. The molecule has 0 heterocycles. The highest BCUT2D eigenvalue weighted by atomic mass is 32.1. The molecule has 1 amide bonds. The van der Waals surface area contributed by atoms with E-state index in [9.17, 15) is 4.79 Å². The summed E-state index contributed by atoms with van der Waals surface area (Å²) in [6.45, 7) is 5.54. The zero-order valence-electron chi connectivity index (χ0n) is 12.2. The Labute approximate surface area is 124 Å². The van der Waals surface area contributed by atoms with Crippen LogP contribution in [0.2, 0.25) is 0 Å². The number of carbonyl (C=O) groups is 1. The first-order valence-corrected chi connectivity index (χ1v) is 6.91. The summed E-state index contributed by atoms with van der Waals surface area (Å²) in [5.41, 5.74) is 0.222. The third-order valence-corrected chi connectivity index (χ3v) is 3.23. The van der Waals surface area contributed by atoms with E-state index in [1.807, 2.05) is 57.2 Å². The van der Waals surface area contributed by atoms with Gasteiger partial charge in [0.15, 0.2) is 0 Å². The number of hydrogen-bond donors (Lipinski definition) is 1. The number of carbonyl (C=O) groups excluding carboxylic acids is 1. The second kappa shape index (κ2) is 5.37. The molecule has 0 aliphatic heterocycles. The van der Waals surface area contributed by atoms with Gasteiger partial charge in [0.25, 0.3) is 0 Å². The number of nitrogens with zero attached hydrogens (tertiary/aromatic N) is 1. The lowest BCUT2D eigenvalue weighted by molar-refractivity contribution is 0.0589. The highest BCUT2D eigenvalue weighted by Crippen LogP contribution is 2.30. The number of hydrogen-bond acceptors (Lipinski definition) is 3. The van der Waals surface area contributed by atoms with E-state index in [-0.39, 0.29) is 6.09 Å². The fourth-order valence-corrected chi connectivity index (χ4v) is 2.27. The SMILES string of the molecule is CN(C(=O)OC(C)(C)C)c1cc2ccccc2cc1S. The van der Waals surface area contributed by atoms with Crippen LogP contribution in [-0.4, -0.2) is 18.7 Å². The van der Waals surface area contributed by atoms with Crippen LogP contribution in [0.4, 0.5) is 10.5 Å². The van der Waals surface area contributed by atoms with Crippen molar-refractivity contribution in [3.8, 4) is 0 Å². The predicted molar refractivity (Wildman–Crippen MR) is 85.8 cm³/mol. The van der Waals surface area contributed by atoms with Gasteiger partial charge in [-0.2, -0.15) is 0 Å². The molecule has 0 aromatic heterocycles. The summed E-state index contributed by atoms with van der Waals surface area (Å²) in [7, 11) is 1.69. The lowest BCUT2D eigenvalue weighted by Gasteiger charge is -2.25. The summed E-state index contributed by atoms with van der Waals surface area (Å²) >= 11 is 4.47. The van der Waals surface area contributed by atoms with Gasteiger partial charge in [-0.15, -0.1) is 12.6 Å². The first-order valence-electron chi connectivity index (χ1n) is 6.46. The van der Waals surface area contributed by atoms with E-state index >= 15 is 0 Å². The van der Waals surface area contributed by atoms with E-state index in [1.54, 1.807) is 7.05 Å². The molecule has 0 fully saturated rings. The highest BCUT2D eigenvalue weighted by Gasteiger charge is 2.21. The first kappa shape index (κ1) is 14.7. The van der Waals surface area contributed by atoms with E-state index in [2.05, 4.69) is 12.6 Å². The van der Waals surface area contributed by atoms with Gasteiger partial charge >= 0.3 is 6.09 Å². The number of amides is 1. The average molecular weight is 289 g/mol. The topological polar surface area (TPSA) is 29.5 Å². The van der Waals surface area contributed by atoms with Gasteiger partial charge in [-0.1, -0.05) is 24.3 Å². The van der Waals surface area contributed by atoms with Crippen molar-refractivity contribution < 1.29 is 9.53 Å². The van der Waals surface area contributed by atoms with Crippen molar-refractivity contribution in [3.05, 3.63) is 36.4 Å². The lowest BCUT2D eigenvalue weighted by Crippen LogP contribution is -2.34. The molecule has 2 rings (SSSR count). The fraction of sp³-hybridized carbons (Fsp3) is 0.312. The number of fused-ring (bicyclic) bond motifs is 1. The Morgan fingerprint density at radius 1 is 1.15 bits per heavy atom. The molecule has 3 nitrogen and oxygen atoms in total. The van der Waals surface area contributed by atoms with Crippen LogP contribution in [0.25, 0.3) is 10.8 Å². The molecule has 2 aromatic rings. The Bertz CT molecular complexity index is 646. The summed E-state index contributed by atoms with van der Waals surface area (Å²) in [5, 5.41) is 2.16. The van der Waals surface area contributed by atoms with Crippen LogP contribution >= 0.6 is 12.6 Å². The van der Waals surface area contributed by atoms with Crippen molar-refractivity contribution in [2.24, 2.45) is 0 Å². The Balaban J connectivity index is 2.36. The van der Waals surface area contributed by atoms with Gasteiger partial charge < -0.3 is 4.74 Å². The number of rotatable bonds is 1. The molecule has 0 aliphatic carbocycles. The van der Waals surface area contributed by atoms with Crippen molar-refractivity contribution in [3.63, 3.8) is 0 Å². The minimum atomic E-state index is -0.515. The Kier molecular flexibility index (Phi) is 3.95. The van der Waals surface area contributed by atoms with Crippen molar-refractivity contribution in [1.29, 1.82) is 0 Å². The minimum Gasteiger partial charge on any atom is -0.443 e. The van der Waals surface area contributed by atoms with Gasteiger partial charge in [-0.3, -0.25) is 4.90 Å². The van der Waals surface area contributed by atoms with Crippen molar-refractivity contribution in [1.82, 2.24) is 0 Å². The maximum Gasteiger partial charge on any atom is 0.414 e. The molecule has 0 saturated heterocycles. The predicted octanol–water partition coefficient (Wildman–Crippen LogP) is 4.50. The third kappa shape index (κ3) is 3.25. The highest BCUT2D eigenvalue weighted by molar-refractivity contribution is 7.80. The zero-order valence-corrected chi connectivity index (χ0v) is 13.1. The normalized spacial score (nSPS) is 11.4. The molecular weight excluding hydrogens is 270 g/mol. The van der Waals surface area contributed by atoms with Gasteiger partial charge in [0.2, 0.25) is 0 Å². The molecule has 106 valence electrons. The molecule has 0 bridgehead atoms. The van der Waals surface area contributed by atoms with Crippen molar-refractivity contribution in [2.75, 3.05) is 11.9 Å². The lowest BCUT2D eigenvalue weighted by atomic mass is 10.1. The monoisotopic (exact) mass is 289 g/mol. The molecule has 0 atom stereocenters.